The Morgan fingerprint density at radius 1 is 1.30 bits per heavy atom. The third-order valence-electron chi connectivity index (χ3n) is 3.56. The molecule has 0 radical (unpaired) electrons. The van der Waals surface area contributed by atoms with Gasteiger partial charge in [0.25, 0.3) is 5.91 Å². The fourth-order valence-electron chi connectivity index (χ4n) is 2.57. The molecule has 2 aliphatic heterocycles. The summed E-state index contributed by atoms with van der Waals surface area (Å²) in [5, 5.41) is 11.0. The molecular weight excluding hydrogens is 427 g/mol. The van der Waals surface area contributed by atoms with Crippen molar-refractivity contribution in [1.29, 1.82) is 0 Å². The van der Waals surface area contributed by atoms with Gasteiger partial charge in [0, 0.05) is 5.22 Å². The predicted molar refractivity (Wildman–Crippen MR) is 95.7 cm³/mol. The van der Waals surface area contributed by atoms with E-state index >= 15 is 0 Å². The van der Waals surface area contributed by atoms with E-state index in [2.05, 4.69) is 33.0 Å². The molecule has 116 valence electrons. The van der Waals surface area contributed by atoms with E-state index in [0.29, 0.717) is 16.6 Å². The first-order valence-electron chi connectivity index (χ1n) is 6.83. The second-order valence-electron chi connectivity index (χ2n) is 4.92. The number of amidine groups is 1. The molecule has 0 fully saturated rings. The fourth-order valence-corrected chi connectivity index (χ4v) is 3.37. The first-order chi connectivity index (χ1) is 11.2. The number of halogens is 1. The van der Waals surface area contributed by atoms with Crippen molar-refractivity contribution in [3.05, 3.63) is 56.5 Å². The van der Waals surface area contributed by atoms with Crippen LogP contribution in [0.2, 0.25) is 0 Å². The minimum absolute atomic E-state index is 0.182. The van der Waals surface area contributed by atoms with Crippen LogP contribution in [0.1, 0.15) is 11.9 Å². The van der Waals surface area contributed by atoms with Crippen molar-refractivity contribution in [2.45, 2.75) is 6.17 Å². The lowest BCUT2D eigenvalue weighted by molar-refractivity contribution is -0.116. The predicted octanol–water partition coefficient (Wildman–Crippen LogP) is 1.39. The molecule has 0 unspecified atom stereocenters. The molecule has 2 aromatic rings. The van der Waals surface area contributed by atoms with Gasteiger partial charge in [-0.15, -0.1) is 5.10 Å². The number of furan rings is 1. The molecule has 0 bridgehead atoms. The highest BCUT2D eigenvalue weighted by molar-refractivity contribution is 14.1. The maximum atomic E-state index is 12.6. The third kappa shape index (κ3) is 2.45. The Labute approximate surface area is 149 Å². The van der Waals surface area contributed by atoms with E-state index in [0.717, 1.165) is 14.3 Å². The van der Waals surface area contributed by atoms with Crippen LogP contribution in [0.5, 0.6) is 0 Å². The molecular formula is C15H11IN4O2S. The van der Waals surface area contributed by atoms with Crippen LogP contribution in [-0.2, 0) is 4.79 Å². The van der Waals surface area contributed by atoms with Crippen LogP contribution in [0.4, 0.5) is 0 Å². The maximum absolute atomic E-state index is 12.6. The summed E-state index contributed by atoms with van der Waals surface area (Å²) in [7, 11) is 0. The van der Waals surface area contributed by atoms with Gasteiger partial charge in [-0.1, -0.05) is 30.0 Å². The highest BCUT2D eigenvalue weighted by Gasteiger charge is 2.35. The van der Waals surface area contributed by atoms with Crippen LogP contribution >= 0.6 is 34.4 Å². The summed E-state index contributed by atoms with van der Waals surface area (Å²) in [5.41, 5.74) is 0.491. The van der Waals surface area contributed by atoms with Crippen LogP contribution in [0, 0.1) is 3.77 Å². The van der Waals surface area contributed by atoms with E-state index < -0.39 is 6.17 Å². The molecule has 6 nitrogen and oxygen atoms in total. The van der Waals surface area contributed by atoms with Crippen molar-refractivity contribution in [3.8, 4) is 0 Å². The third-order valence-corrected chi connectivity index (χ3v) is 4.71. The lowest BCUT2D eigenvalue weighted by Gasteiger charge is -2.32. The number of carbonyl (C=O) groups excluding carboxylic acids is 1. The Hall–Kier alpha value is -1.81. The van der Waals surface area contributed by atoms with Crippen molar-refractivity contribution in [2.24, 2.45) is 10.1 Å². The van der Waals surface area contributed by atoms with E-state index in [1.165, 1.54) is 11.8 Å². The summed E-state index contributed by atoms with van der Waals surface area (Å²) >= 11 is 3.49. The normalized spacial score (nSPS) is 19.5. The van der Waals surface area contributed by atoms with Crippen LogP contribution in [-0.4, -0.2) is 22.3 Å². The summed E-state index contributed by atoms with van der Waals surface area (Å²) in [4.78, 5) is 17.3. The number of hydrogen-bond donors (Lipinski definition) is 1. The van der Waals surface area contributed by atoms with Crippen molar-refractivity contribution in [2.75, 3.05) is 6.26 Å². The number of carbonyl (C=O) groups is 1. The van der Waals surface area contributed by atoms with Gasteiger partial charge in [-0.25, -0.2) is 10.0 Å². The number of para-hydroxylation sites is 1. The highest BCUT2D eigenvalue weighted by Crippen LogP contribution is 2.31. The van der Waals surface area contributed by atoms with Crippen LogP contribution in [0.15, 0.2) is 50.9 Å². The zero-order chi connectivity index (χ0) is 16.0. The molecule has 3 heterocycles. The molecule has 0 spiro atoms. The van der Waals surface area contributed by atoms with E-state index in [1.807, 2.05) is 42.7 Å². The molecule has 0 saturated heterocycles. The zero-order valence-corrected chi connectivity index (χ0v) is 15.0. The molecule has 1 N–H and O–H groups in total. The average molecular weight is 438 g/mol. The number of benzene rings is 1. The topological polar surface area (TPSA) is 70.2 Å². The van der Waals surface area contributed by atoms with Crippen molar-refractivity contribution in [1.82, 2.24) is 10.3 Å². The van der Waals surface area contributed by atoms with Crippen molar-refractivity contribution in [3.63, 3.8) is 0 Å². The maximum Gasteiger partial charge on any atom is 0.276 e. The van der Waals surface area contributed by atoms with Gasteiger partial charge in [0.1, 0.15) is 5.70 Å². The van der Waals surface area contributed by atoms with E-state index in [-0.39, 0.29) is 5.91 Å². The summed E-state index contributed by atoms with van der Waals surface area (Å²) in [6.45, 7) is 0. The van der Waals surface area contributed by atoms with Gasteiger partial charge in [-0.05, 0) is 47.0 Å². The summed E-state index contributed by atoms with van der Waals surface area (Å²) < 4.78 is 6.49. The Morgan fingerprint density at radius 3 is 2.87 bits per heavy atom. The van der Waals surface area contributed by atoms with Crippen LogP contribution < -0.4 is 15.9 Å². The SMILES string of the molecule is CSC1=NN2C(=c3ccccc3=N[C@H]2c2ccc(I)o2)C(=O)N1. The van der Waals surface area contributed by atoms with Crippen LogP contribution in [0.3, 0.4) is 0 Å². The smallest absolute Gasteiger partial charge is 0.276 e. The number of rotatable bonds is 1. The molecule has 2 aliphatic rings. The number of nitrogens with zero attached hydrogens (tertiary/aromatic N) is 3. The van der Waals surface area contributed by atoms with E-state index in [4.69, 9.17) is 9.41 Å². The Bertz CT molecular complexity index is 952. The number of hydrogen-bond acceptors (Lipinski definition) is 6. The van der Waals surface area contributed by atoms with Gasteiger partial charge < -0.3 is 4.42 Å². The Balaban J connectivity index is 1.99. The second-order valence-corrected chi connectivity index (χ2v) is 6.78. The second kappa shape index (κ2) is 5.68. The molecule has 1 aromatic carbocycles. The van der Waals surface area contributed by atoms with Crippen molar-refractivity contribution < 1.29 is 9.21 Å². The van der Waals surface area contributed by atoms with Gasteiger partial charge in [-0.2, -0.15) is 0 Å². The molecule has 4 rings (SSSR count). The molecule has 0 aliphatic carbocycles. The molecule has 0 saturated carbocycles. The number of thioether (sulfide) groups is 1. The standard InChI is InChI=1S/C15H11IN4O2S/c1-23-15-18-14(21)12-8-4-2-3-5-9(8)17-13(20(12)19-15)10-6-7-11(16)22-10/h2-7,13H,1H3,(H,18,19,21)/t13-/m1/s1. The van der Waals surface area contributed by atoms with Gasteiger partial charge in [0.15, 0.2) is 14.7 Å². The largest absolute Gasteiger partial charge is 0.451 e. The number of nitrogens with one attached hydrogen (secondary N) is 1. The molecule has 1 aromatic heterocycles. The molecule has 1 amide bonds. The van der Waals surface area contributed by atoms with Gasteiger partial charge in [0.05, 0.1) is 5.36 Å². The van der Waals surface area contributed by atoms with Gasteiger partial charge >= 0.3 is 0 Å². The first-order valence-corrected chi connectivity index (χ1v) is 9.13. The lowest BCUT2D eigenvalue weighted by Crippen LogP contribution is -2.50. The summed E-state index contributed by atoms with van der Waals surface area (Å²) in [6, 6.07) is 11.3. The van der Waals surface area contributed by atoms with Gasteiger partial charge in [0.2, 0.25) is 6.17 Å². The van der Waals surface area contributed by atoms with Gasteiger partial charge in [-0.3, -0.25) is 10.1 Å². The monoisotopic (exact) mass is 438 g/mol. The molecule has 1 atom stereocenters. The minimum atomic E-state index is -0.489. The summed E-state index contributed by atoms with van der Waals surface area (Å²) in [5.74, 6) is 0.471. The number of fused-ring (bicyclic) bond motifs is 2. The molecule has 23 heavy (non-hydrogen) atoms. The lowest BCUT2D eigenvalue weighted by atomic mass is 10.1. The van der Waals surface area contributed by atoms with E-state index in [9.17, 15) is 4.79 Å². The first kappa shape index (κ1) is 14.8. The van der Waals surface area contributed by atoms with E-state index in [1.54, 1.807) is 5.01 Å². The quantitative estimate of drug-likeness (QED) is 0.684. The average Bonchev–Trinajstić information content (AvgIpc) is 2.99. The number of hydrazone groups is 1. The molecule has 8 heteroatoms. The Kier molecular flexibility index (Phi) is 3.64. The van der Waals surface area contributed by atoms with Crippen molar-refractivity contribution >= 4 is 51.1 Å². The zero-order valence-electron chi connectivity index (χ0n) is 12.0. The van der Waals surface area contributed by atoms with Crippen LogP contribution in [0.25, 0.3) is 5.70 Å². The Morgan fingerprint density at radius 2 is 2.13 bits per heavy atom. The number of amides is 1. The summed E-state index contributed by atoms with van der Waals surface area (Å²) in [6.07, 6.45) is 1.38. The highest BCUT2D eigenvalue weighted by atomic mass is 127. The minimum Gasteiger partial charge on any atom is -0.451 e. The fraction of sp³-hybridized carbons (Fsp3) is 0.133.